The average molecular weight is 351 g/mol. The van der Waals surface area contributed by atoms with Crippen LogP contribution in [0, 0.1) is 0 Å². The largest absolute Gasteiger partial charge is 0.478 e. The second-order valence-corrected chi connectivity index (χ2v) is 6.57. The molecule has 1 amide bonds. The SMILES string of the molecule is O=C(O)c1ccc(CN(Cc2ccccc2)C(=O)c2cccs2)cc1. The summed E-state index contributed by atoms with van der Waals surface area (Å²) in [6.07, 6.45) is 0. The second-order valence-electron chi connectivity index (χ2n) is 5.63. The summed E-state index contributed by atoms with van der Waals surface area (Å²) in [4.78, 5) is 26.3. The van der Waals surface area contributed by atoms with Crippen molar-refractivity contribution in [1.29, 1.82) is 0 Å². The van der Waals surface area contributed by atoms with Crippen molar-refractivity contribution in [3.8, 4) is 0 Å². The van der Waals surface area contributed by atoms with Crippen LogP contribution in [0.2, 0.25) is 0 Å². The van der Waals surface area contributed by atoms with Crippen LogP contribution in [0.15, 0.2) is 72.1 Å². The van der Waals surface area contributed by atoms with Crippen molar-refractivity contribution in [1.82, 2.24) is 4.90 Å². The Balaban J connectivity index is 1.82. The summed E-state index contributed by atoms with van der Waals surface area (Å²) < 4.78 is 0. The molecule has 0 spiro atoms. The van der Waals surface area contributed by atoms with E-state index in [4.69, 9.17) is 5.11 Å². The van der Waals surface area contributed by atoms with Crippen LogP contribution in [-0.4, -0.2) is 21.9 Å². The van der Waals surface area contributed by atoms with E-state index in [0.29, 0.717) is 18.0 Å². The first-order valence-corrected chi connectivity index (χ1v) is 8.70. The maximum atomic E-state index is 12.8. The molecule has 3 aromatic rings. The Hall–Kier alpha value is -2.92. The fourth-order valence-electron chi connectivity index (χ4n) is 2.53. The van der Waals surface area contributed by atoms with Crippen molar-refractivity contribution >= 4 is 23.2 Å². The quantitative estimate of drug-likeness (QED) is 0.721. The van der Waals surface area contributed by atoms with Gasteiger partial charge in [0.15, 0.2) is 0 Å². The highest BCUT2D eigenvalue weighted by Gasteiger charge is 2.17. The van der Waals surface area contributed by atoms with E-state index in [1.54, 1.807) is 29.2 Å². The Bertz CT molecular complexity index is 842. The lowest BCUT2D eigenvalue weighted by Gasteiger charge is -2.22. The van der Waals surface area contributed by atoms with Crippen molar-refractivity contribution in [3.05, 3.63) is 93.7 Å². The highest BCUT2D eigenvalue weighted by molar-refractivity contribution is 7.12. The third-order valence-corrected chi connectivity index (χ3v) is 4.67. The minimum absolute atomic E-state index is 0.0267. The van der Waals surface area contributed by atoms with Crippen LogP contribution in [-0.2, 0) is 13.1 Å². The molecule has 0 aliphatic carbocycles. The molecule has 0 fully saturated rings. The lowest BCUT2D eigenvalue weighted by molar-refractivity contribution is 0.0693. The molecule has 2 aromatic carbocycles. The number of carbonyl (C=O) groups is 2. The van der Waals surface area contributed by atoms with Crippen LogP contribution in [0.5, 0.6) is 0 Å². The zero-order chi connectivity index (χ0) is 17.6. The van der Waals surface area contributed by atoms with E-state index in [-0.39, 0.29) is 11.5 Å². The monoisotopic (exact) mass is 351 g/mol. The first-order valence-electron chi connectivity index (χ1n) is 7.82. The number of amides is 1. The van der Waals surface area contributed by atoms with Gasteiger partial charge in [0.2, 0.25) is 0 Å². The fraction of sp³-hybridized carbons (Fsp3) is 0.100. The number of nitrogens with zero attached hydrogens (tertiary/aromatic N) is 1. The van der Waals surface area contributed by atoms with Crippen LogP contribution >= 0.6 is 11.3 Å². The van der Waals surface area contributed by atoms with Gasteiger partial charge >= 0.3 is 5.97 Å². The number of carboxylic acid groups (broad SMARTS) is 1. The summed E-state index contributed by atoms with van der Waals surface area (Å²) in [6.45, 7) is 0.920. The van der Waals surface area contributed by atoms with Gasteiger partial charge in [-0.3, -0.25) is 4.79 Å². The molecule has 4 nitrogen and oxygen atoms in total. The molecule has 0 atom stereocenters. The van der Waals surface area contributed by atoms with Crippen LogP contribution in [0.1, 0.15) is 31.2 Å². The molecule has 126 valence electrons. The minimum Gasteiger partial charge on any atom is -0.478 e. The molecule has 5 heteroatoms. The average Bonchev–Trinajstić information content (AvgIpc) is 3.16. The summed E-state index contributed by atoms with van der Waals surface area (Å²) in [7, 11) is 0. The third-order valence-electron chi connectivity index (χ3n) is 3.81. The Labute approximate surface area is 150 Å². The molecule has 0 unspecified atom stereocenters. The van der Waals surface area contributed by atoms with Gasteiger partial charge in [-0.25, -0.2) is 4.79 Å². The number of hydrogen-bond acceptors (Lipinski definition) is 3. The van der Waals surface area contributed by atoms with Crippen LogP contribution < -0.4 is 0 Å². The van der Waals surface area contributed by atoms with Crippen LogP contribution in [0.3, 0.4) is 0 Å². The Morgan fingerprint density at radius 1 is 0.840 bits per heavy atom. The van der Waals surface area contributed by atoms with Gasteiger partial charge in [-0.15, -0.1) is 11.3 Å². The maximum absolute atomic E-state index is 12.8. The molecule has 0 aliphatic rings. The summed E-state index contributed by atoms with van der Waals surface area (Å²) in [6, 6.07) is 20.1. The van der Waals surface area contributed by atoms with E-state index in [9.17, 15) is 9.59 Å². The zero-order valence-electron chi connectivity index (χ0n) is 13.5. The minimum atomic E-state index is -0.956. The highest BCUT2D eigenvalue weighted by atomic mass is 32.1. The second kappa shape index (κ2) is 7.77. The first-order chi connectivity index (χ1) is 12.1. The number of thiophene rings is 1. The molecule has 0 radical (unpaired) electrons. The summed E-state index contributed by atoms with van der Waals surface area (Å²) in [5.74, 6) is -0.983. The van der Waals surface area contributed by atoms with E-state index in [0.717, 1.165) is 11.1 Å². The van der Waals surface area contributed by atoms with Crippen LogP contribution in [0.25, 0.3) is 0 Å². The number of aromatic carboxylic acids is 1. The smallest absolute Gasteiger partial charge is 0.335 e. The molecular formula is C20H17NO3S. The molecule has 1 aromatic heterocycles. The molecular weight excluding hydrogens is 334 g/mol. The predicted octanol–water partition coefficient (Wildman–Crippen LogP) is 4.29. The Kier molecular flexibility index (Phi) is 5.26. The number of carboxylic acids is 1. The van der Waals surface area contributed by atoms with Crippen LogP contribution in [0.4, 0.5) is 0 Å². The van der Waals surface area contributed by atoms with Gasteiger partial charge in [0.05, 0.1) is 10.4 Å². The van der Waals surface area contributed by atoms with Gasteiger partial charge in [0, 0.05) is 13.1 Å². The van der Waals surface area contributed by atoms with Gasteiger partial charge in [-0.1, -0.05) is 48.5 Å². The summed E-state index contributed by atoms with van der Waals surface area (Å²) >= 11 is 1.42. The van der Waals surface area contributed by atoms with Crippen molar-refractivity contribution < 1.29 is 14.7 Å². The van der Waals surface area contributed by atoms with Crippen molar-refractivity contribution in [2.24, 2.45) is 0 Å². The summed E-state index contributed by atoms with van der Waals surface area (Å²) in [5, 5.41) is 10.9. The van der Waals surface area contributed by atoms with E-state index in [2.05, 4.69) is 0 Å². The van der Waals surface area contributed by atoms with Gasteiger partial charge in [-0.05, 0) is 34.7 Å². The molecule has 3 rings (SSSR count). The molecule has 0 aliphatic heterocycles. The molecule has 25 heavy (non-hydrogen) atoms. The molecule has 0 saturated carbocycles. The van der Waals surface area contributed by atoms with E-state index < -0.39 is 5.97 Å². The molecule has 0 saturated heterocycles. The van der Waals surface area contributed by atoms with E-state index in [1.807, 2.05) is 47.8 Å². The van der Waals surface area contributed by atoms with Gasteiger partial charge in [0.1, 0.15) is 0 Å². The van der Waals surface area contributed by atoms with Gasteiger partial charge < -0.3 is 10.0 Å². The number of benzene rings is 2. The first kappa shape index (κ1) is 16.9. The lowest BCUT2D eigenvalue weighted by atomic mass is 10.1. The normalized spacial score (nSPS) is 10.4. The Morgan fingerprint density at radius 2 is 1.48 bits per heavy atom. The predicted molar refractivity (Wildman–Crippen MR) is 97.7 cm³/mol. The molecule has 1 N–H and O–H groups in total. The van der Waals surface area contributed by atoms with E-state index >= 15 is 0 Å². The highest BCUT2D eigenvalue weighted by Crippen LogP contribution is 2.18. The van der Waals surface area contributed by atoms with Gasteiger partial charge in [0.25, 0.3) is 5.91 Å². The molecule has 1 heterocycles. The Morgan fingerprint density at radius 3 is 2.04 bits per heavy atom. The van der Waals surface area contributed by atoms with Crippen molar-refractivity contribution in [2.75, 3.05) is 0 Å². The van der Waals surface area contributed by atoms with Gasteiger partial charge in [-0.2, -0.15) is 0 Å². The number of hydrogen-bond donors (Lipinski definition) is 1. The van der Waals surface area contributed by atoms with Crippen molar-refractivity contribution in [2.45, 2.75) is 13.1 Å². The van der Waals surface area contributed by atoms with Crippen molar-refractivity contribution in [3.63, 3.8) is 0 Å². The van der Waals surface area contributed by atoms with E-state index in [1.165, 1.54) is 11.3 Å². The topological polar surface area (TPSA) is 57.6 Å². The number of carbonyl (C=O) groups excluding carboxylic acids is 1. The number of rotatable bonds is 6. The maximum Gasteiger partial charge on any atom is 0.335 e. The summed E-state index contributed by atoms with van der Waals surface area (Å²) in [5.41, 5.74) is 2.18. The zero-order valence-corrected chi connectivity index (χ0v) is 14.3. The lowest BCUT2D eigenvalue weighted by Crippen LogP contribution is -2.29. The standard InChI is InChI=1S/C20H17NO3S/c22-19(18-7-4-12-25-18)21(13-15-5-2-1-3-6-15)14-16-8-10-17(11-9-16)20(23)24/h1-12H,13-14H2,(H,23,24). The molecule has 0 bridgehead atoms. The fourth-order valence-corrected chi connectivity index (χ4v) is 3.22. The third kappa shape index (κ3) is 4.33.